The maximum absolute atomic E-state index is 13.8. The SMILES string of the molecule is COc1ccc(CCNC(=O)CN2C(=O)c3ccccc3C2c2c(-c3ccccc3)[nH]c3ccccc23)cc1OC. The number of para-hydroxylation sites is 1. The third kappa shape index (κ3) is 4.91. The number of nitrogens with one attached hydrogen (secondary N) is 2. The Morgan fingerprint density at radius 1 is 0.878 bits per heavy atom. The Kier molecular flexibility index (Phi) is 7.17. The van der Waals surface area contributed by atoms with E-state index in [-0.39, 0.29) is 18.4 Å². The molecule has 0 bridgehead atoms. The van der Waals surface area contributed by atoms with Gasteiger partial charge in [0.25, 0.3) is 5.91 Å². The first kappa shape index (κ1) is 26.2. The van der Waals surface area contributed by atoms with Crippen molar-refractivity contribution in [3.05, 3.63) is 119 Å². The first-order valence-electron chi connectivity index (χ1n) is 13.6. The molecule has 1 unspecified atom stereocenters. The second kappa shape index (κ2) is 11.2. The molecule has 5 aromatic rings. The lowest BCUT2D eigenvalue weighted by atomic mass is 9.93. The highest BCUT2D eigenvalue weighted by Gasteiger charge is 2.40. The van der Waals surface area contributed by atoms with Crippen LogP contribution in [-0.4, -0.2) is 49.0 Å². The first-order valence-corrected chi connectivity index (χ1v) is 13.6. The van der Waals surface area contributed by atoms with Gasteiger partial charge in [-0.3, -0.25) is 9.59 Å². The van der Waals surface area contributed by atoms with E-state index in [9.17, 15) is 9.59 Å². The number of rotatable bonds is 9. The van der Waals surface area contributed by atoms with Crippen molar-refractivity contribution in [3.8, 4) is 22.8 Å². The third-order valence-corrected chi connectivity index (χ3v) is 7.64. The zero-order valence-electron chi connectivity index (χ0n) is 23.0. The van der Waals surface area contributed by atoms with Crippen LogP contribution in [0.3, 0.4) is 0 Å². The predicted molar refractivity (Wildman–Crippen MR) is 159 cm³/mol. The van der Waals surface area contributed by atoms with Crippen LogP contribution in [0.25, 0.3) is 22.2 Å². The summed E-state index contributed by atoms with van der Waals surface area (Å²) in [5.74, 6) is 0.945. The van der Waals surface area contributed by atoms with E-state index >= 15 is 0 Å². The maximum atomic E-state index is 13.8. The summed E-state index contributed by atoms with van der Waals surface area (Å²) in [5, 5.41) is 4.04. The van der Waals surface area contributed by atoms with Gasteiger partial charge < -0.3 is 24.7 Å². The molecule has 0 spiro atoms. The number of nitrogens with zero attached hydrogens (tertiary/aromatic N) is 1. The Morgan fingerprint density at radius 2 is 1.61 bits per heavy atom. The van der Waals surface area contributed by atoms with Crippen LogP contribution in [0.1, 0.15) is 33.1 Å². The molecule has 0 radical (unpaired) electrons. The molecule has 7 nitrogen and oxygen atoms in total. The largest absolute Gasteiger partial charge is 0.493 e. The summed E-state index contributed by atoms with van der Waals surface area (Å²) in [7, 11) is 3.20. The molecule has 41 heavy (non-hydrogen) atoms. The lowest BCUT2D eigenvalue weighted by molar-refractivity contribution is -0.122. The van der Waals surface area contributed by atoms with Gasteiger partial charge in [-0.2, -0.15) is 0 Å². The lowest BCUT2D eigenvalue weighted by Crippen LogP contribution is -2.40. The number of benzene rings is 4. The van der Waals surface area contributed by atoms with Gasteiger partial charge in [-0.25, -0.2) is 0 Å². The number of hydrogen-bond donors (Lipinski definition) is 2. The number of ether oxygens (including phenoxy) is 2. The number of hydrogen-bond acceptors (Lipinski definition) is 4. The predicted octanol–water partition coefficient (Wildman–Crippen LogP) is 5.76. The molecule has 0 aliphatic carbocycles. The lowest BCUT2D eigenvalue weighted by Gasteiger charge is -2.26. The topological polar surface area (TPSA) is 83.7 Å². The summed E-state index contributed by atoms with van der Waals surface area (Å²) < 4.78 is 10.7. The average Bonchev–Trinajstić information content (AvgIpc) is 3.52. The minimum atomic E-state index is -0.415. The Morgan fingerprint density at radius 3 is 2.41 bits per heavy atom. The van der Waals surface area contributed by atoms with E-state index in [0.29, 0.717) is 30.0 Å². The highest BCUT2D eigenvalue weighted by molar-refractivity contribution is 6.03. The summed E-state index contributed by atoms with van der Waals surface area (Å²) in [6.07, 6.45) is 0.615. The highest BCUT2D eigenvalue weighted by Crippen LogP contribution is 2.45. The number of fused-ring (bicyclic) bond motifs is 2. The van der Waals surface area contributed by atoms with Crippen molar-refractivity contribution in [1.29, 1.82) is 0 Å². The van der Waals surface area contributed by atoms with E-state index in [1.54, 1.807) is 19.1 Å². The van der Waals surface area contributed by atoms with Gasteiger partial charge >= 0.3 is 0 Å². The molecule has 1 aromatic heterocycles. The fraction of sp³-hybridized carbons (Fsp3) is 0.176. The molecular formula is C34H31N3O4. The van der Waals surface area contributed by atoms with Crippen LogP contribution in [0.15, 0.2) is 97.1 Å². The molecule has 0 saturated carbocycles. The van der Waals surface area contributed by atoms with Gasteiger partial charge in [0, 0.05) is 28.6 Å². The number of H-pyrrole nitrogens is 1. The van der Waals surface area contributed by atoms with Gasteiger partial charge in [-0.15, -0.1) is 0 Å². The molecule has 4 aromatic carbocycles. The summed E-state index contributed by atoms with van der Waals surface area (Å²) in [5.41, 5.74) is 6.48. The van der Waals surface area contributed by atoms with Crippen LogP contribution < -0.4 is 14.8 Å². The van der Waals surface area contributed by atoms with E-state index in [0.717, 1.165) is 38.9 Å². The van der Waals surface area contributed by atoms with Crippen LogP contribution >= 0.6 is 0 Å². The summed E-state index contributed by atoms with van der Waals surface area (Å²) in [6.45, 7) is 0.369. The van der Waals surface area contributed by atoms with E-state index in [4.69, 9.17) is 9.47 Å². The average molecular weight is 546 g/mol. The number of methoxy groups -OCH3 is 2. The summed E-state index contributed by atoms with van der Waals surface area (Å²) in [6, 6.07) is 31.2. The van der Waals surface area contributed by atoms with E-state index in [1.165, 1.54) is 0 Å². The summed E-state index contributed by atoms with van der Waals surface area (Å²) in [4.78, 5) is 32.3. The summed E-state index contributed by atoms with van der Waals surface area (Å²) >= 11 is 0. The van der Waals surface area contributed by atoms with Gasteiger partial charge in [0.2, 0.25) is 5.91 Å². The number of carbonyl (C=O) groups excluding carboxylic acids is 2. The van der Waals surface area contributed by atoms with Crippen molar-refractivity contribution >= 4 is 22.7 Å². The van der Waals surface area contributed by atoms with Gasteiger partial charge in [-0.1, -0.05) is 72.8 Å². The molecular weight excluding hydrogens is 514 g/mol. The molecule has 6 rings (SSSR count). The minimum absolute atomic E-state index is 0.0577. The molecule has 206 valence electrons. The molecule has 2 amide bonds. The molecule has 2 heterocycles. The maximum Gasteiger partial charge on any atom is 0.255 e. The van der Waals surface area contributed by atoms with E-state index < -0.39 is 6.04 Å². The van der Waals surface area contributed by atoms with Gasteiger partial charge in [0.15, 0.2) is 11.5 Å². The molecule has 2 N–H and O–H groups in total. The second-order valence-corrected chi connectivity index (χ2v) is 10.0. The van der Waals surface area contributed by atoms with Crippen LogP contribution in [-0.2, 0) is 11.2 Å². The van der Waals surface area contributed by atoms with Crippen molar-refractivity contribution in [2.45, 2.75) is 12.5 Å². The van der Waals surface area contributed by atoms with Crippen molar-refractivity contribution in [2.75, 3.05) is 27.3 Å². The van der Waals surface area contributed by atoms with Gasteiger partial charge in [0.1, 0.15) is 6.54 Å². The van der Waals surface area contributed by atoms with Crippen molar-refractivity contribution in [1.82, 2.24) is 15.2 Å². The fourth-order valence-electron chi connectivity index (χ4n) is 5.72. The second-order valence-electron chi connectivity index (χ2n) is 10.0. The quantitative estimate of drug-likeness (QED) is 0.247. The number of carbonyl (C=O) groups is 2. The smallest absolute Gasteiger partial charge is 0.255 e. The fourth-order valence-corrected chi connectivity index (χ4v) is 5.72. The monoisotopic (exact) mass is 545 g/mol. The molecule has 0 saturated heterocycles. The molecule has 1 aliphatic rings. The van der Waals surface area contributed by atoms with Crippen LogP contribution in [0.5, 0.6) is 11.5 Å². The van der Waals surface area contributed by atoms with Crippen LogP contribution in [0.4, 0.5) is 0 Å². The molecule has 1 atom stereocenters. The molecule has 0 fully saturated rings. The first-order chi connectivity index (χ1) is 20.1. The Labute approximate surface area is 238 Å². The third-order valence-electron chi connectivity index (χ3n) is 7.64. The Balaban J connectivity index is 1.30. The zero-order valence-corrected chi connectivity index (χ0v) is 23.0. The Hall–Kier alpha value is -5.04. The van der Waals surface area contributed by atoms with Crippen molar-refractivity contribution < 1.29 is 19.1 Å². The van der Waals surface area contributed by atoms with Gasteiger partial charge in [-0.05, 0) is 47.4 Å². The van der Waals surface area contributed by atoms with Crippen LogP contribution in [0, 0.1) is 0 Å². The van der Waals surface area contributed by atoms with Gasteiger partial charge in [0.05, 0.1) is 26.0 Å². The number of amides is 2. The zero-order chi connectivity index (χ0) is 28.3. The van der Waals surface area contributed by atoms with Crippen molar-refractivity contribution in [3.63, 3.8) is 0 Å². The Bertz CT molecular complexity index is 1730. The van der Waals surface area contributed by atoms with Crippen LogP contribution in [0.2, 0.25) is 0 Å². The van der Waals surface area contributed by atoms with Crippen molar-refractivity contribution in [2.24, 2.45) is 0 Å². The standard InChI is InChI=1S/C34H31N3O4/c1-40-28-17-16-22(20-29(28)41-2)18-19-35-30(38)21-37-33(24-12-6-7-13-25(24)34(37)39)31-26-14-8-9-15-27(26)36-32(31)23-10-4-3-5-11-23/h3-17,20,33,36H,18-19,21H2,1-2H3,(H,35,38). The molecule has 7 heteroatoms. The highest BCUT2D eigenvalue weighted by atomic mass is 16.5. The normalized spacial score (nSPS) is 14.2. The minimum Gasteiger partial charge on any atom is -0.493 e. The van der Waals surface area contributed by atoms with E-state index in [1.807, 2.05) is 78.9 Å². The number of aromatic nitrogens is 1. The van der Waals surface area contributed by atoms with E-state index in [2.05, 4.69) is 28.5 Å². The molecule has 1 aliphatic heterocycles. The number of aromatic amines is 1.